The van der Waals surface area contributed by atoms with Gasteiger partial charge in [-0.2, -0.15) is 0 Å². The highest BCUT2D eigenvalue weighted by Gasteiger charge is 2.33. The Balaban J connectivity index is 1.73. The van der Waals surface area contributed by atoms with Crippen molar-refractivity contribution in [2.75, 3.05) is 0 Å². The number of carbonyl (C=O) groups is 2. The lowest BCUT2D eigenvalue weighted by atomic mass is 10.1. The minimum absolute atomic E-state index is 0.00234. The Labute approximate surface area is 146 Å². The van der Waals surface area contributed by atoms with E-state index in [9.17, 15) is 14.7 Å². The smallest absolute Gasteiger partial charge is 0.353 e. The highest BCUT2D eigenvalue weighted by atomic mass is 16.6. The number of hydrogen-bond donors (Lipinski definition) is 2. The first-order chi connectivity index (χ1) is 12.0. The number of hydrogen-bond acceptors (Lipinski definition) is 6. The van der Waals surface area contributed by atoms with Gasteiger partial charge >= 0.3 is 11.9 Å². The topological polar surface area (TPSA) is 98.9 Å². The van der Waals surface area contributed by atoms with Crippen molar-refractivity contribution in [3.8, 4) is 0 Å². The summed E-state index contributed by atoms with van der Waals surface area (Å²) in [7, 11) is 0. The highest BCUT2D eigenvalue weighted by molar-refractivity contribution is 5.79. The van der Waals surface area contributed by atoms with Crippen molar-refractivity contribution in [3.63, 3.8) is 0 Å². The van der Waals surface area contributed by atoms with E-state index in [-0.39, 0.29) is 26.1 Å². The fraction of sp³-hybridized carbons (Fsp3) is 0.263. The van der Waals surface area contributed by atoms with Crippen molar-refractivity contribution < 1.29 is 24.2 Å². The molecule has 0 aromatic heterocycles. The molecule has 0 spiro atoms. The molecule has 0 amide bonds. The van der Waals surface area contributed by atoms with Gasteiger partial charge in [-0.15, -0.1) is 0 Å². The number of nitrogens with two attached hydrogens (primary N) is 1. The van der Waals surface area contributed by atoms with E-state index < -0.39 is 17.7 Å². The van der Waals surface area contributed by atoms with Crippen LogP contribution in [0.25, 0.3) is 0 Å². The summed E-state index contributed by atoms with van der Waals surface area (Å²) in [6.07, 6.45) is -0.478. The van der Waals surface area contributed by atoms with E-state index in [2.05, 4.69) is 0 Å². The van der Waals surface area contributed by atoms with E-state index in [0.29, 0.717) is 0 Å². The maximum Gasteiger partial charge on any atom is 0.353 e. The summed E-state index contributed by atoms with van der Waals surface area (Å²) in [6.45, 7) is 0.124. The molecule has 2 aromatic rings. The monoisotopic (exact) mass is 343 g/mol. The van der Waals surface area contributed by atoms with Gasteiger partial charge < -0.3 is 14.6 Å². The SMILES string of the molecule is N[C@](O)(CCC(=O)OCc1ccccc1)C(=O)OCc1ccccc1. The van der Waals surface area contributed by atoms with Crippen molar-refractivity contribution in [1.29, 1.82) is 0 Å². The molecule has 0 aliphatic heterocycles. The van der Waals surface area contributed by atoms with Gasteiger partial charge in [-0.3, -0.25) is 10.5 Å². The van der Waals surface area contributed by atoms with Gasteiger partial charge in [-0.1, -0.05) is 60.7 Å². The lowest BCUT2D eigenvalue weighted by Gasteiger charge is -2.20. The predicted molar refractivity (Wildman–Crippen MR) is 90.8 cm³/mol. The zero-order valence-corrected chi connectivity index (χ0v) is 13.8. The number of carbonyl (C=O) groups excluding carboxylic acids is 2. The normalized spacial score (nSPS) is 12.9. The Kier molecular flexibility index (Phi) is 6.68. The average Bonchev–Trinajstić information content (AvgIpc) is 2.64. The van der Waals surface area contributed by atoms with E-state index >= 15 is 0 Å². The van der Waals surface area contributed by atoms with E-state index in [0.717, 1.165) is 11.1 Å². The summed E-state index contributed by atoms with van der Waals surface area (Å²) in [4.78, 5) is 23.6. The standard InChI is InChI=1S/C19H21NO5/c20-19(23,18(22)25-14-16-9-5-2-6-10-16)12-11-17(21)24-13-15-7-3-1-4-8-15/h1-10,23H,11-14,20H2/t19-/m0/s1. The second kappa shape index (κ2) is 8.96. The van der Waals surface area contributed by atoms with Crippen molar-refractivity contribution in [3.05, 3.63) is 71.8 Å². The summed E-state index contributed by atoms with van der Waals surface area (Å²) < 4.78 is 10.1. The molecular formula is C19H21NO5. The van der Waals surface area contributed by atoms with E-state index in [1.54, 1.807) is 24.3 Å². The quantitative estimate of drug-likeness (QED) is 0.561. The summed E-state index contributed by atoms with van der Waals surface area (Å²) >= 11 is 0. The number of aliphatic hydroxyl groups is 1. The molecule has 6 nitrogen and oxygen atoms in total. The van der Waals surface area contributed by atoms with Crippen molar-refractivity contribution in [1.82, 2.24) is 0 Å². The summed E-state index contributed by atoms with van der Waals surface area (Å²) in [6, 6.07) is 18.2. The lowest BCUT2D eigenvalue weighted by molar-refractivity contribution is -0.168. The van der Waals surface area contributed by atoms with Gasteiger partial charge in [0.2, 0.25) is 5.72 Å². The lowest BCUT2D eigenvalue weighted by Crippen LogP contribution is -2.49. The second-order valence-corrected chi connectivity index (χ2v) is 5.63. The van der Waals surface area contributed by atoms with Gasteiger partial charge in [0.05, 0.1) is 6.42 Å². The van der Waals surface area contributed by atoms with Crippen molar-refractivity contribution in [2.45, 2.75) is 31.8 Å². The molecule has 6 heteroatoms. The van der Waals surface area contributed by atoms with Crippen LogP contribution in [-0.4, -0.2) is 22.8 Å². The molecule has 0 bridgehead atoms. The van der Waals surface area contributed by atoms with E-state index in [4.69, 9.17) is 15.2 Å². The van der Waals surface area contributed by atoms with Crippen LogP contribution in [-0.2, 0) is 32.3 Å². The van der Waals surface area contributed by atoms with Crippen molar-refractivity contribution in [2.24, 2.45) is 5.73 Å². The summed E-state index contributed by atoms with van der Waals surface area (Å²) in [5, 5.41) is 9.99. The van der Waals surface area contributed by atoms with Gasteiger partial charge in [-0.05, 0) is 11.1 Å². The molecule has 0 unspecified atom stereocenters. The number of benzene rings is 2. The van der Waals surface area contributed by atoms with Crippen LogP contribution in [0.5, 0.6) is 0 Å². The van der Waals surface area contributed by atoms with Crippen molar-refractivity contribution >= 4 is 11.9 Å². The first kappa shape index (κ1) is 18.6. The number of ether oxygens (including phenoxy) is 2. The van der Waals surface area contributed by atoms with Crippen LogP contribution in [0, 0.1) is 0 Å². The first-order valence-corrected chi connectivity index (χ1v) is 7.89. The molecule has 0 aliphatic carbocycles. The van der Waals surface area contributed by atoms with Crippen LogP contribution in [0.3, 0.4) is 0 Å². The molecule has 1 atom stereocenters. The second-order valence-electron chi connectivity index (χ2n) is 5.63. The molecule has 2 aromatic carbocycles. The van der Waals surface area contributed by atoms with Crippen LogP contribution in [0.15, 0.2) is 60.7 Å². The van der Waals surface area contributed by atoms with Crippen LogP contribution < -0.4 is 5.73 Å². The van der Waals surface area contributed by atoms with Crippen LogP contribution >= 0.6 is 0 Å². The molecule has 0 saturated heterocycles. The van der Waals surface area contributed by atoms with E-state index in [1.807, 2.05) is 36.4 Å². The van der Waals surface area contributed by atoms with Gasteiger partial charge in [-0.25, -0.2) is 4.79 Å². The molecule has 0 fully saturated rings. The molecule has 0 heterocycles. The highest BCUT2D eigenvalue weighted by Crippen LogP contribution is 2.12. The maximum atomic E-state index is 11.9. The third-order valence-corrected chi connectivity index (χ3v) is 3.52. The minimum Gasteiger partial charge on any atom is -0.461 e. The summed E-state index contributed by atoms with van der Waals surface area (Å²) in [5.41, 5.74) is 4.94. The Bertz CT molecular complexity index is 685. The Morgan fingerprint density at radius 3 is 1.88 bits per heavy atom. The van der Waals surface area contributed by atoms with Crippen LogP contribution in [0.4, 0.5) is 0 Å². The molecule has 25 heavy (non-hydrogen) atoms. The van der Waals surface area contributed by atoms with Gasteiger partial charge in [0.15, 0.2) is 0 Å². The maximum absolute atomic E-state index is 11.9. The van der Waals surface area contributed by atoms with Crippen LogP contribution in [0.1, 0.15) is 24.0 Å². The Morgan fingerprint density at radius 2 is 1.36 bits per heavy atom. The largest absolute Gasteiger partial charge is 0.461 e. The minimum atomic E-state index is -2.24. The molecule has 0 radical (unpaired) electrons. The molecule has 3 N–H and O–H groups in total. The first-order valence-electron chi connectivity index (χ1n) is 7.89. The zero-order valence-electron chi connectivity index (χ0n) is 13.8. The van der Waals surface area contributed by atoms with Gasteiger partial charge in [0, 0.05) is 6.42 Å². The molecule has 0 aliphatic rings. The van der Waals surface area contributed by atoms with Crippen LogP contribution in [0.2, 0.25) is 0 Å². The Hall–Kier alpha value is -2.70. The third kappa shape index (κ3) is 6.37. The van der Waals surface area contributed by atoms with Gasteiger partial charge in [0.1, 0.15) is 13.2 Å². The average molecular weight is 343 g/mol. The molecule has 2 rings (SSSR count). The van der Waals surface area contributed by atoms with E-state index in [1.165, 1.54) is 0 Å². The van der Waals surface area contributed by atoms with Gasteiger partial charge in [0.25, 0.3) is 0 Å². The Morgan fingerprint density at radius 1 is 0.880 bits per heavy atom. The predicted octanol–water partition coefficient (Wildman–Crippen LogP) is 1.90. The molecule has 0 saturated carbocycles. The molecular weight excluding hydrogens is 322 g/mol. The molecule has 132 valence electrons. The third-order valence-electron chi connectivity index (χ3n) is 3.52. The summed E-state index contributed by atoms with van der Waals surface area (Å²) in [5.74, 6) is -1.53. The zero-order chi connectivity index (χ0) is 18.1. The number of rotatable bonds is 8. The number of esters is 2. The fourth-order valence-electron chi connectivity index (χ4n) is 2.05. The fourth-order valence-corrected chi connectivity index (χ4v) is 2.05.